The predicted molar refractivity (Wildman–Crippen MR) is 115 cm³/mol. The van der Waals surface area contributed by atoms with Crippen LogP contribution in [0, 0.1) is 0 Å². The van der Waals surface area contributed by atoms with Gasteiger partial charge in [-0.05, 0) is 48.6 Å². The van der Waals surface area contributed by atoms with Crippen LogP contribution in [0.2, 0.25) is 0 Å². The molecule has 3 aromatic rings. The van der Waals surface area contributed by atoms with E-state index in [9.17, 15) is 9.59 Å². The lowest BCUT2D eigenvalue weighted by Gasteiger charge is -2.18. The van der Waals surface area contributed by atoms with Crippen LogP contribution in [-0.2, 0) is 28.9 Å². The van der Waals surface area contributed by atoms with Gasteiger partial charge in [0, 0.05) is 29.1 Å². The first-order valence-electron chi connectivity index (χ1n) is 9.59. The highest BCUT2D eigenvalue weighted by atomic mass is 79.9. The zero-order valence-electron chi connectivity index (χ0n) is 16.2. The van der Waals surface area contributed by atoms with Crippen LogP contribution >= 0.6 is 15.9 Å². The topological polar surface area (TPSA) is 59.5 Å². The molecule has 0 saturated carbocycles. The highest BCUT2D eigenvalue weighted by Gasteiger charge is 2.25. The maximum atomic E-state index is 12.9. The van der Waals surface area contributed by atoms with Crippen LogP contribution in [0.1, 0.15) is 33.6 Å². The van der Waals surface area contributed by atoms with E-state index in [1.165, 1.54) is 0 Å². The van der Waals surface area contributed by atoms with E-state index in [0.717, 1.165) is 51.5 Å². The zero-order chi connectivity index (χ0) is 20.4. The van der Waals surface area contributed by atoms with Crippen molar-refractivity contribution >= 4 is 38.7 Å². The second-order valence-corrected chi connectivity index (χ2v) is 8.15. The van der Waals surface area contributed by atoms with Crippen molar-refractivity contribution in [3.63, 3.8) is 0 Å². The lowest BCUT2D eigenvalue weighted by molar-refractivity contribution is -0.133. The average molecular weight is 453 g/mol. The number of carbonyl (C=O) groups is 2. The van der Waals surface area contributed by atoms with Gasteiger partial charge in [0.1, 0.15) is 0 Å². The van der Waals surface area contributed by atoms with Gasteiger partial charge in [0.2, 0.25) is 0 Å². The van der Waals surface area contributed by atoms with E-state index in [-0.39, 0.29) is 12.5 Å². The van der Waals surface area contributed by atoms with Crippen LogP contribution in [-0.4, -0.2) is 35.4 Å². The standard InChI is InChI=1S/C23H21BrN2O3/c1-26(13-15-9-11-16(24)12-10-15)21(27)14-29-23(28)22-17-5-2-3-7-19(17)25-20-8-4-6-18(20)22/h2-3,5,7,9-12H,4,6,8,13-14H2,1H3. The minimum Gasteiger partial charge on any atom is -0.452 e. The van der Waals surface area contributed by atoms with Crippen LogP contribution in [0.4, 0.5) is 0 Å². The number of aryl methyl sites for hydroxylation is 1. The Morgan fingerprint density at radius 2 is 1.86 bits per heavy atom. The molecular weight excluding hydrogens is 432 g/mol. The van der Waals surface area contributed by atoms with Gasteiger partial charge >= 0.3 is 5.97 Å². The molecule has 0 radical (unpaired) electrons. The molecule has 0 atom stereocenters. The first kappa shape index (κ1) is 19.6. The molecule has 0 aliphatic heterocycles. The number of hydrogen-bond acceptors (Lipinski definition) is 4. The van der Waals surface area contributed by atoms with E-state index in [0.29, 0.717) is 12.1 Å². The fraction of sp³-hybridized carbons (Fsp3) is 0.261. The lowest BCUT2D eigenvalue weighted by Crippen LogP contribution is -2.31. The molecular formula is C23H21BrN2O3. The second kappa shape index (κ2) is 8.33. The van der Waals surface area contributed by atoms with Gasteiger partial charge in [0.15, 0.2) is 6.61 Å². The Labute approximate surface area is 177 Å². The van der Waals surface area contributed by atoms with Crippen LogP contribution in [0.5, 0.6) is 0 Å². The van der Waals surface area contributed by atoms with Crippen molar-refractivity contribution in [2.45, 2.75) is 25.8 Å². The molecule has 6 heteroatoms. The molecule has 1 aliphatic carbocycles. The molecule has 148 valence electrons. The fourth-order valence-corrected chi connectivity index (χ4v) is 3.97. The Balaban J connectivity index is 1.47. The van der Waals surface area contributed by atoms with Gasteiger partial charge in [0.25, 0.3) is 5.91 Å². The number of fused-ring (bicyclic) bond motifs is 2. The Kier molecular flexibility index (Phi) is 5.62. The minimum atomic E-state index is -0.452. The summed E-state index contributed by atoms with van der Waals surface area (Å²) < 4.78 is 6.42. The molecule has 0 spiro atoms. The van der Waals surface area contributed by atoms with Gasteiger partial charge in [-0.1, -0.05) is 46.3 Å². The third-order valence-electron chi connectivity index (χ3n) is 5.21. The lowest BCUT2D eigenvalue weighted by atomic mass is 10.0. The van der Waals surface area contributed by atoms with Gasteiger partial charge in [-0.15, -0.1) is 0 Å². The number of esters is 1. The van der Waals surface area contributed by atoms with Crippen molar-refractivity contribution < 1.29 is 14.3 Å². The van der Waals surface area contributed by atoms with Crippen LogP contribution in [0.3, 0.4) is 0 Å². The Morgan fingerprint density at radius 1 is 1.10 bits per heavy atom. The number of hydrogen-bond donors (Lipinski definition) is 0. The molecule has 1 aromatic heterocycles. The first-order chi connectivity index (χ1) is 14.0. The summed E-state index contributed by atoms with van der Waals surface area (Å²) in [5, 5.41) is 0.786. The highest BCUT2D eigenvalue weighted by Crippen LogP contribution is 2.30. The van der Waals surface area contributed by atoms with E-state index < -0.39 is 5.97 Å². The van der Waals surface area contributed by atoms with E-state index in [4.69, 9.17) is 4.74 Å². The summed E-state index contributed by atoms with van der Waals surface area (Å²) >= 11 is 3.40. The molecule has 0 bridgehead atoms. The molecule has 1 heterocycles. The Bertz CT molecular complexity index is 1080. The van der Waals surface area contributed by atoms with Gasteiger partial charge in [-0.3, -0.25) is 9.78 Å². The number of halogens is 1. The summed E-state index contributed by atoms with van der Waals surface area (Å²) in [5.41, 5.74) is 4.29. The third-order valence-corrected chi connectivity index (χ3v) is 5.74. The van der Waals surface area contributed by atoms with E-state index in [1.54, 1.807) is 11.9 Å². The monoisotopic (exact) mass is 452 g/mol. The van der Waals surface area contributed by atoms with E-state index in [2.05, 4.69) is 20.9 Å². The Hall–Kier alpha value is -2.73. The fourth-order valence-electron chi connectivity index (χ4n) is 3.71. The van der Waals surface area contributed by atoms with Crippen molar-refractivity contribution in [1.29, 1.82) is 0 Å². The number of amides is 1. The number of aromatic nitrogens is 1. The molecule has 4 rings (SSSR count). The number of ether oxygens (including phenoxy) is 1. The van der Waals surface area contributed by atoms with Crippen molar-refractivity contribution in [2.24, 2.45) is 0 Å². The SMILES string of the molecule is CN(Cc1ccc(Br)cc1)C(=O)COC(=O)c1c2c(nc3ccccc13)CCC2. The smallest absolute Gasteiger partial charge is 0.339 e. The van der Waals surface area contributed by atoms with Crippen LogP contribution in [0.25, 0.3) is 10.9 Å². The van der Waals surface area contributed by atoms with Gasteiger partial charge in [-0.2, -0.15) is 0 Å². The number of para-hydroxylation sites is 1. The van der Waals surface area contributed by atoms with Crippen LogP contribution in [0.15, 0.2) is 53.0 Å². The highest BCUT2D eigenvalue weighted by molar-refractivity contribution is 9.10. The molecule has 29 heavy (non-hydrogen) atoms. The maximum absolute atomic E-state index is 12.9. The van der Waals surface area contributed by atoms with Crippen molar-refractivity contribution in [3.8, 4) is 0 Å². The summed E-state index contributed by atoms with van der Waals surface area (Å²) in [7, 11) is 1.71. The minimum absolute atomic E-state index is 0.240. The summed E-state index contributed by atoms with van der Waals surface area (Å²) in [4.78, 5) is 31.6. The summed E-state index contributed by atoms with van der Waals surface area (Å²) in [6.07, 6.45) is 2.66. The maximum Gasteiger partial charge on any atom is 0.339 e. The third kappa shape index (κ3) is 4.17. The average Bonchev–Trinajstić information content (AvgIpc) is 3.19. The summed E-state index contributed by atoms with van der Waals surface area (Å²) in [6, 6.07) is 15.4. The quantitative estimate of drug-likeness (QED) is 0.541. The summed E-state index contributed by atoms with van der Waals surface area (Å²) in [6.45, 7) is 0.175. The number of carbonyl (C=O) groups excluding carboxylic acids is 2. The van der Waals surface area contributed by atoms with Crippen molar-refractivity contribution in [1.82, 2.24) is 9.88 Å². The molecule has 1 aliphatic rings. The molecule has 0 fully saturated rings. The number of benzene rings is 2. The van der Waals surface area contributed by atoms with Gasteiger partial charge in [-0.25, -0.2) is 4.79 Å². The molecule has 0 unspecified atom stereocenters. The zero-order valence-corrected chi connectivity index (χ0v) is 17.7. The second-order valence-electron chi connectivity index (χ2n) is 7.24. The van der Waals surface area contributed by atoms with Crippen molar-refractivity contribution in [3.05, 3.63) is 75.4 Å². The van der Waals surface area contributed by atoms with Crippen molar-refractivity contribution in [2.75, 3.05) is 13.7 Å². The largest absolute Gasteiger partial charge is 0.452 e. The van der Waals surface area contributed by atoms with Gasteiger partial charge in [0.05, 0.1) is 11.1 Å². The van der Waals surface area contributed by atoms with Crippen LogP contribution < -0.4 is 0 Å². The first-order valence-corrected chi connectivity index (χ1v) is 10.4. The normalized spacial score (nSPS) is 12.6. The molecule has 0 N–H and O–H groups in total. The number of nitrogens with zero attached hydrogens (tertiary/aromatic N) is 2. The van der Waals surface area contributed by atoms with E-state index >= 15 is 0 Å². The molecule has 5 nitrogen and oxygen atoms in total. The Morgan fingerprint density at radius 3 is 2.66 bits per heavy atom. The molecule has 1 amide bonds. The predicted octanol–water partition coefficient (Wildman–Crippen LogP) is 4.30. The molecule has 0 saturated heterocycles. The number of rotatable bonds is 5. The number of pyridine rings is 1. The molecule has 2 aromatic carbocycles. The number of likely N-dealkylation sites (N-methyl/N-ethyl adjacent to an activating group) is 1. The summed E-state index contributed by atoms with van der Waals surface area (Å²) in [5.74, 6) is -0.691. The van der Waals surface area contributed by atoms with Gasteiger partial charge < -0.3 is 9.64 Å². The van der Waals surface area contributed by atoms with E-state index in [1.807, 2.05) is 48.5 Å².